The predicted octanol–water partition coefficient (Wildman–Crippen LogP) is 8.08. The van der Waals surface area contributed by atoms with E-state index in [1.807, 2.05) is 89.7 Å². The zero-order valence-corrected chi connectivity index (χ0v) is 46.2. The standard InChI is InChI=1S/C53H74N2O13S3Si/c1-7-67-72(62,68-8-2)30-16-14-12-10-9-11-13-15-28-69-29-20-21-39-31-46-35-42-24-17-22-40(50(42)63-3)33-44-26-19-27-45(52(44)65-37-48(56)54-70(5,58)59)34-41-23-18-25-43(51(41)64-4)36-47(32-39)53(46)66-38-49(57)55-71(6,60)61/h17-19,22-27,31-32,62H,7-16,20-21,28-30,33-38H2,1-6H3,(H,54,56)(H,55,57). The zero-order valence-electron chi connectivity index (χ0n) is 42.8. The van der Waals surface area contributed by atoms with Gasteiger partial charge in [-0.2, -0.15) is 11.8 Å². The molecule has 0 spiro atoms. The van der Waals surface area contributed by atoms with E-state index in [1.54, 1.807) is 14.2 Å². The molecular weight excluding hydrogens is 997 g/mol. The number of carbonyl (C=O) groups excluding carboxylic acids is 2. The lowest BCUT2D eigenvalue weighted by Crippen LogP contribution is -2.42. The van der Waals surface area contributed by atoms with Crippen LogP contribution in [0, 0.1) is 0 Å². The molecule has 8 bridgehead atoms. The van der Waals surface area contributed by atoms with E-state index in [1.165, 1.54) is 32.1 Å². The van der Waals surface area contributed by atoms with Gasteiger partial charge in [0.1, 0.15) is 23.0 Å². The van der Waals surface area contributed by atoms with Crippen LogP contribution in [0.1, 0.15) is 122 Å². The summed E-state index contributed by atoms with van der Waals surface area (Å²) in [5, 5.41) is 0. The van der Waals surface area contributed by atoms with E-state index in [0.29, 0.717) is 67.9 Å². The summed E-state index contributed by atoms with van der Waals surface area (Å²) in [6, 6.07) is 22.3. The van der Waals surface area contributed by atoms with E-state index in [0.717, 1.165) is 106 Å². The molecule has 0 atom stereocenters. The molecule has 1 aliphatic rings. The Bertz CT molecular complexity index is 2540. The second-order valence-electron chi connectivity index (χ2n) is 18.1. The van der Waals surface area contributed by atoms with Gasteiger partial charge in [0.2, 0.25) is 20.0 Å². The van der Waals surface area contributed by atoms with Gasteiger partial charge in [0, 0.05) is 44.9 Å². The van der Waals surface area contributed by atoms with Crippen LogP contribution in [0.2, 0.25) is 6.04 Å². The molecule has 0 unspecified atom stereocenters. The lowest BCUT2D eigenvalue weighted by atomic mass is 9.90. The van der Waals surface area contributed by atoms with Crippen LogP contribution in [0.15, 0.2) is 66.7 Å². The third-order valence-electron chi connectivity index (χ3n) is 12.1. The van der Waals surface area contributed by atoms with Crippen molar-refractivity contribution >= 4 is 52.4 Å². The Morgan fingerprint density at radius 1 is 0.556 bits per heavy atom. The molecule has 15 nitrogen and oxygen atoms in total. The van der Waals surface area contributed by atoms with Crippen LogP contribution in [0.3, 0.4) is 0 Å². The molecule has 0 saturated heterocycles. The number of fused-ring (bicyclic) bond motifs is 8. The summed E-state index contributed by atoms with van der Waals surface area (Å²) in [5.74, 6) is 2.64. The minimum absolute atomic E-state index is 0.336. The zero-order chi connectivity index (χ0) is 52.2. The second kappa shape index (κ2) is 28.7. The minimum Gasteiger partial charge on any atom is -0.496 e. The number of hydrogen-bond donors (Lipinski definition) is 3. The number of ether oxygens (including phenoxy) is 4. The van der Waals surface area contributed by atoms with Crippen LogP contribution in [0.4, 0.5) is 0 Å². The van der Waals surface area contributed by atoms with E-state index in [2.05, 4.69) is 12.1 Å². The van der Waals surface area contributed by atoms with E-state index < -0.39 is 53.9 Å². The second-order valence-corrected chi connectivity index (χ2v) is 25.3. The van der Waals surface area contributed by atoms with Crippen LogP contribution in [0.25, 0.3) is 0 Å². The normalized spacial score (nSPS) is 12.8. The third kappa shape index (κ3) is 19.0. The van der Waals surface area contributed by atoms with Crippen molar-refractivity contribution in [2.24, 2.45) is 0 Å². The lowest BCUT2D eigenvalue weighted by molar-refractivity contribution is -0.122. The van der Waals surface area contributed by atoms with Crippen molar-refractivity contribution in [3.63, 3.8) is 0 Å². The Morgan fingerprint density at radius 2 is 0.917 bits per heavy atom. The Labute approximate surface area is 432 Å². The van der Waals surface area contributed by atoms with Crippen molar-refractivity contribution in [2.75, 3.05) is 64.7 Å². The average Bonchev–Trinajstić information content (AvgIpc) is 3.30. The summed E-state index contributed by atoms with van der Waals surface area (Å²) in [5.41, 5.74) is 7.51. The van der Waals surface area contributed by atoms with Gasteiger partial charge in [-0.15, -0.1) is 0 Å². The lowest BCUT2D eigenvalue weighted by Gasteiger charge is -2.22. The summed E-state index contributed by atoms with van der Waals surface area (Å²) < 4.78 is 87.8. The number of sulfonamides is 2. The highest BCUT2D eigenvalue weighted by Gasteiger charge is 2.35. The first-order valence-electron chi connectivity index (χ1n) is 24.8. The van der Waals surface area contributed by atoms with Crippen LogP contribution in [-0.2, 0) is 70.6 Å². The van der Waals surface area contributed by atoms with Crippen molar-refractivity contribution in [3.05, 3.63) is 117 Å². The Balaban J connectivity index is 1.38. The number of thioether (sulfide) groups is 1. The van der Waals surface area contributed by atoms with Gasteiger partial charge in [0.05, 0.1) is 26.7 Å². The Hall–Kier alpha value is -4.63. The van der Waals surface area contributed by atoms with E-state index in [4.69, 9.17) is 27.8 Å². The molecule has 0 heterocycles. The van der Waals surface area contributed by atoms with Gasteiger partial charge in [-0.05, 0) is 101 Å². The maximum absolute atomic E-state index is 13.0. The monoisotopic (exact) mass is 1070 g/mol. The maximum Gasteiger partial charge on any atom is 0.498 e. The number of unbranched alkanes of at least 4 members (excludes halogenated alkanes) is 7. The van der Waals surface area contributed by atoms with E-state index in [9.17, 15) is 31.2 Å². The molecule has 4 aromatic rings. The number of methoxy groups -OCH3 is 2. The molecule has 0 saturated carbocycles. The molecule has 0 fully saturated rings. The summed E-state index contributed by atoms with van der Waals surface area (Å²) in [6.07, 6.45) is 14.1. The summed E-state index contributed by atoms with van der Waals surface area (Å²) >= 11 is 1.97. The molecule has 19 heteroatoms. The van der Waals surface area contributed by atoms with Gasteiger partial charge >= 0.3 is 8.80 Å². The first-order valence-corrected chi connectivity index (χ1v) is 31.7. The minimum atomic E-state index is -3.84. The highest BCUT2D eigenvalue weighted by atomic mass is 32.2. The number of nitrogens with one attached hydrogen (secondary N) is 2. The molecule has 0 aliphatic heterocycles. The van der Waals surface area contributed by atoms with Gasteiger partial charge in [-0.1, -0.05) is 105 Å². The van der Waals surface area contributed by atoms with Crippen molar-refractivity contribution in [3.8, 4) is 23.0 Å². The van der Waals surface area contributed by atoms with Crippen LogP contribution >= 0.6 is 11.8 Å². The number of para-hydroxylation sites is 3. The van der Waals surface area contributed by atoms with E-state index >= 15 is 0 Å². The van der Waals surface area contributed by atoms with Gasteiger partial charge in [0.15, 0.2) is 13.2 Å². The topological polar surface area (TPSA) is 202 Å². The molecule has 0 aromatic heterocycles. The van der Waals surface area contributed by atoms with Gasteiger partial charge in [-0.25, -0.2) is 16.8 Å². The van der Waals surface area contributed by atoms with Crippen molar-refractivity contribution < 1.29 is 59.0 Å². The van der Waals surface area contributed by atoms with Gasteiger partial charge in [-0.3, -0.25) is 19.0 Å². The first kappa shape index (κ1) is 58.3. The van der Waals surface area contributed by atoms with Gasteiger partial charge < -0.3 is 32.6 Å². The summed E-state index contributed by atoms with van der Waals surface area (Å²) in [7, 11) is -7.44. The van der Waals surface area contributed by atoms with Crippen LogP contribution in [0.5, 0.6) is 23.0 Å². The fraction of sp³-hybridized carbons (Fsp3) is 0.509. The highest BCUT2D eigenvalue weighted by molar-refractivity contribution is 7.99. The van der Waals surface area contributed by atoms with Crippen molar-refractivity contribution in [2.45, 2.75) is 110 Å². The number of carbonyl (C=O) groups is 2. The molecular formula is C53H74N2O13S3Si. The molecule has 3 N–H and O–H groups in total. The largest absolute Gasteiger partial charge is 0.498 e. The summed E-state index contributed by atoms with van der Waals surface area (Å²) in [4.78, 5) is 36.3. The highest BCUT2D eigenvalue weighted by Crippen LogP contribution is 2.39. The fourth-order valence-corrected chi connectivity index (χ4v) is 13.1. The molecule has 72 heavy (non-hydrogen) atoms. The molecule has 5 rings (SSSR count). The average molecular weight is 1070 g/mol. The number of aryl methyl sites for hydroxylation is 1. The van der Waals surface area contributed by atoms with E-state index in [-0.39, 0.29) is 0 Å². The van der Waals surface area contributed by atoms with Crippen molar-refractivity contribution in [1.82, 2.24) is 9.44 Å². The Kier molecular flexibility index (Phi) is 23.2. The fourth-order valence-electron chi connectivity index (χ4n) is 9.18. The Morgan fingerprint density at radius 3 is 1.32 bits per heavy atom. The van der Waals surface area contributed by atoms with Crippen LogP contribution < -0.4 is 28.4 Å². The first-order chi connectivity index (χ1) is 34.4. The molecule has 396 valence electrons. The number of rotatable bonds is 29. The third-order valence-corrected chi connectivity index (χ3v) is 16.9. The molecule has 1 aliphatic carbocycles. The smallest absolute Gasteiger partial charge is 0.496 e. The van der Waals surface area contributed by atoms with Crippen molar-refractivity contribution in [1.29, 1.82) is 0 Å². The predicted molar refractivity (Wildman–Crippen MR) is 286 cm³/mol. The number of benzene rings is 4. The number of amides is 2. The quantitative estimate of drug-likeness (QED) is 0.0306. The van der Waals surface area contributed by atoms with Gasteiger partial charge in [0.25, 0.3) is 11.8 Å². The molecule has 2 amide bonds. The van der Waals surface area contributed by atoms with Crippen LogP contribution in [-0.4, -0.2) is 107 Å². The molecule has 0 radical (unpaired) electrons. The summed E-state index contributed by atoms with van der Waals surface area (Å²) in [6.45, 7) is 3.65. The number of hydrogen-bond acceptors (Lipinski definition) is 14. The maximum atomic E-state index is 13.0. The SMILES string of the molecule is CCO[Si](O)(CCCCCCCCCCSCCCc1cc2c(OCC(=O)NS(C)(=O)=O)c(c1)Cc1cccc(c1OC)Cc1cccc(c1OCC(=O)NS(C)(=O)=O)Cc1cccc(c1OC)C2)OCC. The molecule has 4 aromatic carbocycles.